The summed E-state index contributed by atoms with van der Waals surface area (Å²) in [6, 6.07) is 4.78. The first-order valence-corrected chi connectivity index (χ1v) is 6.62. The lowest BCUT2D eigenvalue weighted by Gasteiger charge is -2.19. The van der Waals surface area contributed by atoms with Gasteiger partial charge in [-0.05, 0) is 31.0 Å². The van der Waals surface area contributed by atoms with Crippen LogP contribution in [0.5, 0.6) is 5.75 Å². The molecule has 1 unspecified atom stereocenters. The van der Waals surface area contributed by atoms with Crippen molar-refractivity contribution in [3.8, 4) is 17.6 Å². The van der Waals surface area contributed by atoms with Crippen molar-refractivity contribution in [3.63, 3.8) is 0 Å². The minimum absolute atomic E-state index is 0.0217. The van der Waals surface area contributed by atoms with Gasteiger partial charge in [0, 0.05) is 17.1 Å². The number of nitrogens with zero attached hydrogens (tertiary/aromatic N) is 1. The molecule has 6 heteroatoms. The second-order valence-electron chi connectivity index (χ2n) is 4.13. The second-order valence-corrected chi connectivity index (χ2v) is 5.00. The van der Waals surface area contributed by atoms with Crippen LogP contribution in [0.2, 0.25) is 10.0 Å². The molecular weight excluding hydrogens is 301 g/mol. The van der Waals surface area contributed by atoms with Gasteiger partial charge >= 0.3 is 0 Å². The van der Waals surface area contributed by atoms with Gasteiger partial charge in [-0.25, -0.2) is 0 Å². The van der Waals surface area contributed by atoms with E-state index >= 15 is 0 Å². The quantitative estimate of drug-likeness (QED) is 0.848. The lowest BCUT2D eigenvalue weighted by molar-refractivity contribution is -0.125. The van der Waals surface area contributed by atoms with Gasteiger partial charge in [0.15, 0.2) is 0 Å². The van der Waals surface area contributed by atoms with Gasteiger partial charge in [-0.3, -0.25) is 4.79 Å². The largest absolute Gasteiger partial charge is 0.491 e. The van der Waals surface area contributed by atoms with Crippen molar-refractivity contribution in [1.82, 2.24) is 4.90 Å². The van der Waals surface area contributed by atoms with Crippen LogP contribution in [0.25, 0.3) is 0 Å². The molecule has 108 valence electrons. The summed E-state index contributed by atoms with van der Waals surface area (Å²) in [4.78, 5) is 12.7. The number of amides is 1. The summed E-state index contributed by atoms with van der Waals surface area (Å²) in [7, 11) is 1.56. The van der Waals surface area contributed by atoms with Crippen molar-refractivity contribution in [3.05, 3.63) is 28.2 Å². The van der Waals surface area contributed by atoms with E-state index in [0.717, 1.165) is 0 Å². The molecule has 1 aromatic carbocycles. The predicted molar refractivity (Wildman–Crippen MR) is 79.1 cm³/mol. The van der Waals surface area contributed by atoms with Crippen LogP contribution >= 0.6 is 23.2 Å². The molecule has 0 aromatic heterocycles. The fourth-order valence-electron chi connectivity index (χ4n) is 1.46. The number of aliphatic hydroxyl groups excluding tert-OH is 1. The number of rotatable bonds is 5. The van der Waals surface area contributed by atoms with E-state index < -0.39 is 6.10 Å². The van der Waals surface area contributed by atoms with E-state index in [4.69, 9.17) is 27.9 Å². The molecule has 0 saturated carbocycles. The Kier molecular flexibility index (Phi) is 6.66. The molecule has 0 saturated heterocycles. The first-order chi connectivity index (χ1) is 9.42. The van der Waals surface area contributed by atoms with E-state index in [1.807, 2.05) is 0 Å². The third kappa shape index (κ3) is 5.70. The molecule has 4 nitrogen and oxygen atoms in total. The average Bonchev–Trinajstić information content (AvgIpc) is 2.35. The molecule has 0 bridgehead atoms. The summed E-state index contributed by atoms with van der Waals surface area (Å²) in [5, 5.41) is 10.7. The molecule has 0 aliphatic heterocycles. The van der Waals surface area contributed by atoms with E-state index in [9.17, 15) is 9.90 Å². The first kappa shape index (κ1) is 16.6. The highest BCUT2D eigenvalue weighted by atomic mass is 35.5. The fraction of sp³-hybridized carbons (Fsp3) is 0.357. The minimum atomic E-state index is -0.833. The topological polar surface area (TPSA) is 49.8 Å². The van der Waals surface area contributed by atoms with E-state index in [0.29, 0.717) is 15.8 Å². The summed E-state index contributed by atoms with van der Waals surface area (Å²) in [5.74, 6) is 5.01. The molecule has 0 aliphatic carbocycles. The molecule has 0 heterocycles. The second kappa shape index (κ2) is 8.01. The standard InChI is InChI=1S/C14H15Cl2NO3/c1-3-4-14(19)17(2)8-12(18)9-20-13-6-10(15)5-11(16)7-13/h5-7,12,18H,8-9H2,1-2H3. The molecule has 1 amide bonds. The van der Waals surface area contributed by atoms with Crippen LogP contribution in [0.4, 0.5) is 0 Å². The van der Waals surface area contributed by atoms with Gasteiger partial charge < -0.3 is 14.7 Å². The summed E-state index contributed by atoms with van der Waals surface area (Å²) in [5.41, 5.74) is 0. The normalized spacial score (nSPS) is 11.2. The van der Waals surface area contributed by atoms with Crippen LogP contribution in [0.1, 0.15) is 6.92 Å². The van der Waals surface area contributed by atoms with Crippen LogP contribution in [0, 0.1) is 11.8 Å². The Morgan fingerprint density at radius 1 is 1.40 bits per heavy atom. The number of ether oxygens (including phenoxy) is 1. The Labute approximate surface area is 128 Å². The third-order valence-corrected chi connectivity index (χ3v) is 2.78. The monoisotopic (exact) mass is 315 g/mol. The maximum Gasteiger partial charge on any atom is 0.298 e. The third-order valence-electron chi connectivity index (χ3n) is 2.34. The van der Waals surface area contributed by atoms with E-state index in [1.54, 1.807) is 32.2 Å². The van der Waals surface area contributed by atoms with Crippen LogP contribution in [-0.2, 0) is 4.79 Å². The molecule has 1 aromatic rings. The minimum Gasteiger partial charge on any atom is -0.491 e. The number of aliphatic hydroxyl groups is 1. The smallest absolute Gasteiger partial charge is 0.298 e. The van der Waals surface area contributed by atoms with Crippen LogP contribution < -0.4 is 4.74 Å². The number of carbonyl (C=O) groups is 1. The highest BCUT2D eigenvalue weighted by molar-refractivity contribution is 6.34. The van der Waals surface area contributed by atoms with Gasteiger partial charge in [-0.15, -0.1) is 0 Å². The molecule has 0 radical (unpaired) electrons. The van der Waals surface area contributed by atoms with E-state index in [2.05, 4.69) is 11.8 Å². The van der Waals surface area contributed by atoms with Gasteiger partial charge in [0.25, 0.3) is 5.91 Å². The van der Waals surface area contributed by atoms with Crippen molar-refractivity contribution >= 4 is 29.1 Å². The number of hydrogen-bond acceptors (Lipinski definition) is 3. The van der Waals surface area contributed by atoms with Crippen LogP contribution in [0.3, 0.4) is 0 Å². The number of carbonyl (C=O) groups excluding carboxylic acids is 1. The van der Waals surface area contributed by atoms with Gasteiger partial charge in [0.05, 0.1) is 6.54 Å². The molecule has 1 atom stereocenters. The summed E-state index contributed by atoms with van der Waals surface area (Å²) < 4.78 is 5.38. The van der Waals surface area contributed by atoms with Crippen molar-refractivity contribution < 1.29 is 14.6 Å². The maximum atomic E-state index is 11.4. The molecule has 0 aliphatic rings. The number of hydrogen-bond donors (Lipinski definition) is 1. The SMILES string of the molecule is CC#CC(=O)N(C)CC(O)COc1cc(Cl)cc(Cl)c1. The Balaban J connectivity index is 2.48. The predicted octanol–water partition coefficient (Wildman–Crippen LogP) is 2.21. The summed E-state index contributed by atoms with van der Waals surface area (Å²) in [6.45, 7) is 1.73. The van der Waals surface area contributed by atoms with Gasteiger partial charge in [0.1, 0.15) is 18.5 Å². The first-order valence-electron chi connectivity index (χ1n) is 5.87. The number of likely N-dealkylation sites (N-methyl/N-ethyl adjacent to an activating group) is 1. The Bertz CT molecular complexity index is 517. The van der Waals surface area contributed by atoms with Crippen LogP contribution in [-0.4, -0.2) is 42.2 Å². The molecule has 1 N–H and O–H groups in total. The van der Waals surface area contributed by atoms with E-state index in [1.165, 1.54) is 4.90 Å². The molecule has 0 fully saturated rings. The Morgan fingerprint density at radius 2 is 2.00 bits per heavy atom. The van der Waals surface area contributed by atoms with Crippen molar-refractivity contribution in [1.29, 1.82) is 0 Å². The summed E-state index contributed by atoms with van der Waals surface area (Å²) >= 11 is 11.7. The van der Waals surface area contributed by atoms with Crippen molar-refractivity contribution in [2.24, 2.45) is 0 Å². The molecular formula is C14H15Cl2NO3. The Morgan fingerprint density at radius 3 is 2.55 bits per heavy atom. The molecule has 1 rings (SSSR count). The molecule has 20 heavy (non-hydrogen) atoms. The van der Waals surface area contributed by atoms with Crippen molar-refractivity contribution in [2.45, 2.75) is 13.0 Å². The maximum absolute atomic E-state index is 11.4. The lowest BCUT2D eigenvalue weighted by Crippen LogP contribution is -2.36. The number of halogens is 2. The van der Waals surface area contributed by atoms with Gasteiger partial charge in [0.2, 0.25) is 0 Å². The number of benzene rings is 1. The average molecular weight is 316 g/mol. The molecule has 0 spiro atoms. The zero-order valence-electron chi connectivity index (χ0n) is 11.2. The van der Waals surface area contributed by atoms with Crippen molar-refractivity contribution in [2.75, 3.05) is 20.2 Å². The lowest BCUT2D eigenvalue weighted by atomic mass is 10.3. The fourth-order valence-corrected chi connectivity index (χ4v) is 1.96. The van der Waals surface area contributed by atoms with Gasteiger partial charge in [-0.1, -0.05) is 29.1 Å². The highest BCUT2D eigenvalue weighted by Gasteiger charge is 2.13. The zero-order valence-corrected chi connectivity index (χ0v) is 12.7. The Hall–Kier alpha value is -1.41. The van der Waals surface area contributed by atoms with E-state index in [-0.39, 0.29) is 19.1 Å². The highest BCUT2D eigenvalue weighted by Crippen LogP contribution is 2.24. The van der Waals surface area contributed by atoms with Gasteiger partial charge in [-0.2, -0.15) is 0 Å². The summed E-state index contributed by atoms with van der Waals surface area (Å²) in [6.07, 6.45) is -0.833. The zero-order chi connectivity index (χ0) is 15.1. The van der Waals surface area contributed by atoms with Crippen LogP contribution in [0.15, 0.2) is 18.2 Å².